The molecule has 0 heterocycles. The standard InChI is InChI=1S/C16H28N2/c17-14-10-5-3-1-2-4-9-13-16(18)15-11-7-6-8-12-15/h6-8,11-12,16H,1-5,9-10,13-14,17-18H2. The minimum absolute atomic E-state index is 0.212. The highest BCUT2D eigenvalue weighted by Gasteiger charge is 2.04. The Morgan fingerprint density at radius 1 is 0.778 bits per heavy atom. The van der Waals surface area contributed by atoms with Gasteiger partial charge in [0.05, 0.1) is 0 Å². The van der Waals surface area contributed by atoms with E-state index in [1.165, 1.54) is 50.5 Å². The first-order chi connectivity index (χ1) is 8.84. The molecule has 0 saturated heterocycles. The molecule has 1 aromatic carbocycles. The molecule has 1 rings (SSSR count). The van der Waals surface area contributed by atoms with Gasteiger partial charge in [-0.2, -0.15) is 0 Å². The first kappa shape index (κ1) is 15.2. The molecule has 0 aliphatic heterocycles. The van der Waals surface area contributed by atoms with Crippen LogP contribution < -0.4 is 11.5 Å². The Labute approximate surface area is 112 Å². The fourth-order valence-corrected chi connectivity index (χ4v) is 2.26. The van der Waals surface area contributed by atoms with E-state index >= 15 is 0 Å². The summed E-state index contributed by atoms with van der Waals surface area (Å²) in [6.07, 6.45) is 10.1. The van der Waals surface area contributed by atoms with Gasteiger partial charge < -0.3 is 11.5 Å². The summed E-state index contributed by atoms with van der Waals surface area (Å²) >= 11 is 0. The highest BCUT2D eigenvalue weighted by atomic mass is 14.6. The number of unbranched alkanes of at least 4 members (excludes halogenated alkanes) is 6. The van der Waals surface area contributed by atoms with Crippen molar-refractivity contribution in [2.45, 2.75) is 57.4 Å². The van der Waals surface area contributed by atoms with E-state index in [9.17, 15) is 0 Å². The normalized spacial score (nSPS) is 12.6. The van der Waals surface area contributed by atoms with E-state index in [0.29, 0.717) is 0 Å². The molecule has 102 valence electrons. The Bertz CT molecular complexity index is 284. The number of rotatable bonds is 10. The van der Waals surface area contributed by atoms with Crippen LogP contribution in [0.5, 0.6) is 0 Å². The molecule has 0 radical (unpaired) electrons. The average Bonchev–Trinajstić information content (AvgIpc) is 2.42. The first-order valence-electron chi connectivity index (χ1n) is 7.35. The third-order valence-electron chi connectivity index (χ3n) is 3.45. The van der Waals surface area contributed by atoms with Crippen molar-refractivity contribution in [3.63, 3.8) is 0 Å². The fourth-order valence-electron chi connectivity index (χ4n) is 2.26. The lowest BCUT2D eigenvalue weighted by atomic mass is 10.0. The van der Waals surface area contributed by atoms with E-state index in [4.69, 9.17) is 11.5 Å². The molecule has 0 aromatic heterocycles. The van der Waals surface area contributed by atoms with E-state index in [-0.39, 0.29) is 6.04 Å². The number of hydrogen-bond donors (Lipinski definition) is 2. The van der Waals surface area contributed by atoms with Gasteiger partial charge in [0, 0.05) is 6.04 Å². The predicted molar refractivity (Wildman–Crippen MR) is 79.4 cm³/mol. The Morgan fingerprint density at radius 3 is 1.94 bits per heavy atom. The van der Waals surface area contributed by atoms with Crippen LogP contribution in [0.3, 0.4) is 0 Å². The topological polar surface area (TPSA) is 52.0 Å². The van der Waals surface area contributed by atoms with E-state index in [2.05, 4.69) is 24.3 Å². The molecule has 2 heteroatoms. The summed E-state index contributed by atoms with van der Waals surface area (Å²) in [4.78, 5) is 0. The lowest BCUT2D eigenvalue weighted by molar-refractivity contribution is 0.538. The highest BCUT2D eigenvalue weighted by Crippen LogP contribution is 2.17. The van der Waals surface area contributed by atoms with Crippen molar-refractivity contribution in [1.82, 2.24) is 0 Å². The maximum Gasteiger partial charge on any atom is 0.0294 e. The molecule has 0 fully saturated rings. The van der Waals surface area contributed by atoms with Crippen molar-refractivity contribution in [1.29, 1.82) is 0 Å². The molecular formula is C16H28N2. The van der Waals surface area contributed by atoms with E-state index in [1.54, 1.807) is 0 Å². The molecule has 1 aromatic rings. The van der Waals surface area contributed by atoms with Gasteiger partial charge in [-0.25, -0.2) is 0 Å². The Balaban J connectivity index is 1.98. The van der Waals surface area contributed by atoms with Crippen molar-refractivity contribution < 1.29 is 0 Å². The quantitative estimate of drug-likeness (QED) is 0.619. The smallest absolute Gasteiger partial charge is 0.0294 e. The molecule has 0 amide bonds. The molecule has 0 aliphatic carbocycles. The SMILES string of the molecule is NCCCCCCCCCC(N)c1ccccc1. The summed E-state index contributed by atoms with van der Waals surface area (Å²) in [5.74, 6) is 0. The number of nitrogens with two attached hydrogens (primary N) is 2. The van der Waals surface area contributed by atoms with Gasteiger partial charge in [-0.15, -0.1) is 0 Å². The molecule has 0 bridgehead atoms. The van der Waals surface area contributed by atoms with Crippen LogP contribution in [0, 0.1) is 0 Å². The predicted octanol–water partition coefficient (Wildman–Crippen LogP) is 3.77. The van der Waals surface area contributed by atoms with Crippen LogP contribution in [0.1, 0.15) is 63.0 Å². The zero-order valence-electron chi connectivity index (χ0n) is 11.5. The van der Waals surface area contributed by atoms with Gasteiger partial charge >= 0.3 is 0 Å². The van der Waals surface area contributed by atoms with Gasteiger partial charge in [-0.1, -0.05) is 68.9 Å². The summed E-state index contributed by atoms with van der Waals surface area (Å²) in [6, 6.07) is 10.6. The number of hydrogen-bond acceptors (Lipinski definition) is 2. The summed E-state index contributed by atoms with van der Waals surface area (Å²) < 4.78 is 0. The molecule has 18 heavy (non-hydrogen) atoms. The summed E-state index contributed by atoms with van der Waals surface area (Å²) in [6.45, 7) is 0.839. The minimum Gasteiger partial charge on any atom is -0.330 e. The molecular weight excluding hydrogens is 220 g/mol. The van der Waals surface area contributed by atoms with Crippen molar-refractivity contribution in [2.75, 3.05) is 6.54 Å². The second kappa shape index (κ2) is 10.1. The third kappa shape index (κ3) is 6.77. The average molecular weight is 248 g/mol. The van der Waals surface area contributed by atoms with Gasteiger partial charge in [0.25, 0.3) is 0 Å². The van der Waals surface area contributed by atoms with Gasteiger partial charge in [-0.3, -0.25) is 0 Å². The molecule has 0 saturated carbocycles. The van der Waals surface area contributed by atoms with Crippen molar-refractivity contribution >= 4 is 0 Å². The minimum atomic E-state index is 0.212. The van der Waals surface area contributed by atoms with Crippen molar-refractivity contribution in [3.05, 3.63) is 35.9 Å². The summed E-state index contributed by atoms with van der Waals surface area (Å²) in [7, 11) is 0. The Hall–Kier alpha value is -0.860. The van der Waals surface area contributed by atoms with Crippen molar-refractivity contribution in [3.8, 4) is 0 Å². The summed E-state index contributed by atoms with van der Waals surface area (Å²) in [5, 5.41) is 0. The van der Waals surface area contributed by atoms with Crippen LogP contribution in [0.15, 0.2) is 30.3 Å². The van der Waals surface area contributed by atoms with Crippen molar-refractivity contribution in [2.24, 2.45) is 11.5 Å². The van der Waals surface area contributed by atoms with Gasteiger partial charge in [0.15, 0.2) is 0 Å². The van der Waals surface area contributed by atoms with Gasteiger partial charge in [-0.05, 0) is 24.9 Å². The summed E-state index contributed by atoms with van der Waals surface area (Å²) in [5.41, 5.74) is 12.9. The maximum atomic E-state index is 6.16. The Morgan fingerprint density at radius 2 is 1.33 bits per heavy atom. The maximum absolute atomic E-state index is 6.16. The second-order valence-corrected chi connectivity index (χ2v) is 5.07. The fraction of sp³-hybridized carbons (Fsp3) is 0.625. The highest BCUT2D eigenvalue weighted by molar-refractivity contribution is 5.18. The molecule has 4 N–H and O–H groups in total. The molecule has 0 spiro atoms. The third-order valence-corrected chi connectivity index (χ3v) is 3.45. The second-order valence-electron chi connectivity index (χ2n) is 5.07. The van der Waals surface area contributed by atoms with E-state index < -0.39 is 0 Å². The lowest BCUT2D eigenvalue weighted by Crippen LogP contribution is -2.09. The van der Waals surface area contributed by atoms with Crippen LogP contribution in [0.2, 0.25) is 0 Å². The lowest BCUT2D eigenvalue weighted by Gasteiger charge is -2.11. The van der Waals surface area contributed by atoms with E-state index in [0.717, 1.165) is 13.0 Å². The van der Waals surface area contributed by atoms with Gasteiger partial charge in [0.1, 0.15) is 0 Å². The molecule has 1 unspecified atom stereocenters. The molecule has 0 aliphatic rings. The molecule has 2 nitrogen and oxygen atoms in total. The van der Waals surface area contributed by atoms with Crippen LogP contribution in [0.25, 0.3) is 0 Å². The largest absolute Gasteiger partial charge is 0.330 e. The van der Waals surface area contributed by atoms with Gasteiger partial charge in [0.2, 0.25) is 0 Å². The van der Waals surface area contributed by atoms with E-state index in [1.807, 2.05) is 6.07 Å². The van der Waals surface area contributed by atoms with Crippen LogP contribution >= 0.6 is 0 Å². The van der Waals surface area contributed by atoms with Crippen LogP contribution in [-0.2, 0) is 0 Å². The first-order valence-corrected chi connectivity index (χ1v) is 7.35. The monoisotopic (exact) mass is 248 g/mol. The van der Waals surface area contributed by atoms with Crippen LogP contribution in [0.4, 0.5) is 0 Å². The zero-order valence-corrected chi connectivity index (χ0v) is 11.5. The number of benzene rings is 1. The molecule has 1 atom stereocenters. The zero-order chi connectivity index (χ0) is 13.1. The van der Waals surface area contributed by atoms with Crippen LogP contribution in [-0.4, -0.2) is 6.54 Å². The Kier molecular flexibility index (Phi) is 8.53.